The molecule has 0 atom stereocenters. The third-order valence-corrected chi connectivity index (χ3v) is 3.33. The van der Waals surface area contributed by atoms with Gasteiger partial charge in [-0.05, 0) is 31.0 Å². The van der Waals surface area contributed by atoms with Crippen molar-refractivity contribution in [2.45, 2.75) is 25.2 Å². The van der Waals surface area contributed by atoms with Crippen LogP contribution in [-0.4, -0.2) is 30.9 Å². The normalized spacial score (nSPS) is 16.9. The minimum Gasteiger partial charge on any atom is -0.494 e. The number of aliphatic carboxylic acids is 1. The van der Waals surface area contributed by atoms with Gasteiger partial charge in [-0.25, -0.2) is 0 Å². The number of rotatable bonds is 6. The predicted molar refractivity (Wildman–Crippen MR) is 67.0 cm³/mol. The van der Waals surface area contributed by atoms with E-state index in [2.05, 4.69) is 0 Å². The van der Waals surface area contributed by atoms with Crippen LogP contribution in [0.25, 0.3) is 0 Å². The molecule has 1 heterocycles. The summed E-state index contributed by atoms with van der Waals surface area (Å²) in [5, 5.41) is 8.82. The summed E-state index contributed by atoms with van der Waals surface area (Å²) in [5.74, 6) is 0.0684. The smallest absolute Gasteiger partial charge is 0.303 e. The van der Waals surface area contributed by atoms with E-state index in [9.17, 15) is 4.79 Å². The molecule has 1 aromatic carbocycles. The van der Waals surface area contributed by atoms with E-state index in [-0.39, 0.29) is 11.8 Å². The van der Waals surface area contributed by atoms with E-state index in [1.807, 2.05) is 31.2 Å². The fraction of sp³-hybridized carbons (Fsp3) is 0.500. The molecule has 0 amide bonds. The average Bonchev–Trinajstić information content (AvgIpc) is 2.28. The molecule has 0 saturated carbocycles. The van der Waals surface area contributed by atoms with Crippen molar-refractivity contribution in [1.29, 1.82) is 0 Å². The molecule has 1 aliphatic rings. The van der Waals surface area contributed by atoms with Gasteiger partial charge in [0.2, 0.25) is 0 Å². The van der Waals surface area contributed by atoms with Crippen molar-refractivity contribution >= 4 is 5.97 Å². The van der Waals surface area contributed by atoms with Gasteiger partial charge < -0.3 is 14.6 Å². The van der Waals surface area contributed by atoms with Gasteiger partial charge in [-0.15, -0.1) is 0 Å². The SMILES string of the molecule is CCOc1cccc(C2(CCC(=O)O)COC2)c1. The zero-order chi connectivity index (χ0) is 13.0. The molecule has 0 aromatic heterocycles. The fourth-order valence-electron chi connectivity index (χ4n) is 2.23. The highest BCUT2D eigenvalue weighted by Gasteiger charge is 2.40. The highest BCUT2D eigenvalue weighted by molar-refractivity contribution is 5.67. The van der Waals surface area contributed by atoms with Crippen LogP contribution >= 0.6 is 0 Å². The molecule has 1 aliphatic heterocycles. The minimum absolute atomic E-state index is 0.147. The number of hydrogen-bond acceptors (Lipinski definition) is 3. The van der Waals surface area contributed by atoms with Gasteiger partial charge in [-0.2, -0.15) is 0 Å². The van der Waals surface area contributed by atoms with Crippen molar-refractivity contribution < 1.29 is 19.4 Å². The molecule has 0 spiro atoms. The van der Waals surface area contributed by atoms with E-state index in [0.717, 1.165) is 11.3 Å². The maximum Gasteiger partial charge on any atom is 0.303 e. The summed E-state index contributed by atoms with van der Waals surface area (Å²) >= 11 is 0. The maximum atomic E-state index is 10.7. The van der Waals surface area contributed by atoms with Gasteiger partial charge in [0.15, 0.2) is 0 Å². The Hall–Kier alpha value is -1.55. The zero-order valence-electron chi connectivity index (χ0n) is 10.5. The Morgan fingerprint density at radius 2 is 2.28 bits per heavy atom. The van der Waals surface area contributed by atoms with Gasteiger partial charge >= 0.3 is 5.97 Å². The lowest BCUT2D eigenvalue weighted by atomic mass is 9.75. The molecule has 4 heteroatoms. The summed E-state index contributed by atoms with van der Waals surface area (Å²) in [6, 6.07) is 7.87. The number of ether oxygens (including phenoxy) is 2. The molecule has 1 N–H and O–H groups in total. The highest BCUT2D eigenvalue weighted by Crippen LogP contribution is 2.38. The van der Waals surface area contributed by atoms with Crippen molar-refractivity contribution in [2.24, 2.45) is 0 Å². The van der Waals surface area contributed by atoms with Crippen LogP contribution in [0.4, 0.5) is 0 Å². The Balaban J connectivity index is 2.16. The molecular formula is C14H18O4. The van der Waals surface area contributed by atoms with E-state index in [1.54, 1.807) is 0 Å². The van der Waals surface area contributed by atoms with Crippen LogP contribution in [-0.2, 0) is 14.9 Å². The first-order valence-electron chi connectivity index (χ1n) is 6.19. The summed E-state index contributed by atoms with van der Waals surface area (Å²) in [7, 11) is 0. The Morgan fingerprint density at radius 3 is 2.83 bits per heavy atom. The van der Waals surface area contributed by atoms with Crippen LogP contribution in [0.3, 0.4) is 0 Å². The topological polar surface area (TPSA) is 55.8 Å². The molecule has 0 unspecified atom stereocenters. The number of carboxylic acids is 1. The van der Waals surface area contributed by atoms with E-state index >= 15 is 0 Å². The Morgan fingerprint density at radius 1 is 1.50 bits per heavy atom. The van der Waals surface area contributed by atoms with Gasteiger partial charge in [0.05, 0.1) is 19.8 Å². The molecule has 18 heavy (non-hydrogen) atoms. The molecule has 4 nitrogen and oxygen atoms in total. The van der Waals surface area contributed by atoms with Gasteiger partial charge in [0, 0.05) is 11.8 Å². The lowest BCUT2D eigenvalue weighted by Gasteiger charge is -2.42. The molecule has 2 rings (SSSR count). The third kappa shape index (κ3) is 2.64. The molecule has 1 fully saturated rings. The molecule has 0 radical (unpaired) electrons. The van der Waals surface area contributed by atoms with E-state index in [4.69, 9.17) is 14.6 Å². The fourth-order valence-corrected chi connectivity index (χ4v) is 2.23. The summed E-state index contributed by atoms with van der Waals surface area (Å²) in [6.07, 6.45) is 0.778. The zero-order valence-corrected chi connectivity index (χ0v) is 10.5. The lowest BCUT2D eigenvalue weighted by Crippen LogP contribution is -2.47. The van der Waals surface area contributed by atoms with Crippen molar-refractivity contribution in [1.82, 2.24) is 0 Å². The molecule has 0 bridgehead atoms. The lowest BCUT2D eigenvalue weighted by molar-refractivity contribution is -0.139. The molecule has 1 aromatic rings. The molecular weight excluding hydrogens is 232 g/mol. The third-order valence-electron chi connectivity index (χ3n) is 3.33. The van der Waals surface area contributed by atoms with Crippen LogP contribution in [0.5, 0.6) is 5.75 Å². The maximum absolute atomic E-state index is 10.7. The summed E-state index contributed by atoms with van der Waals surface area (Å²) < 4.78 is 10.8. The van der Waals surface area contributed by atoms with Gasteiger partial charge in [-0.3, -0.25) is 4.79 Å². The second-order valence-electron chi connectivity index (χ2n) is 4.63. The first-order chi connectivity index (χ1) is 8.66. The Kier molecular flexibility index (Phi) is 3.87. The highest BCUT2D eigenvalue weighted by atomic mass is 16.5. The second-order valence-corrected chi connectivity index (χ2v) is 4.63. The number of carboxylic acid groups (broad SMARTS) is 1. The molecule has 0 aliphatic carbocycles. The summed E-state index contributed by atoms with van der Waals surface area (Å²) in [6.45, 7) is 3.76. The summed E-state index contributed by atoms with van der Waals surface area (Å²) in [4.78, 5) is 10.7. The largest absolute Gasteiger partial charge is 0.494 e. The Labute approximate surface area is 107 Å². The van der Waals surface area contributed by atoms with Gasteiger partial charge in [0.1, 0.15) is 5.75 Å². The minimum atomic E-state index is -0.762. The van der Waals surface area contributed by atoms with Gasteiger partial charge in [0.25, 0.3) is 0 Å². The monoisotopic (exact) mass is 250 g/mol. The van der Waals surface area contributed by atoms with Crippen LogP contribution in [0, 0.1) is 0 Å². The number of carbonyl (C=O) groups is 1. The van der Waals surface area contributed by atoms with E-state index < -0.39 is 5.97 Å². The van der Waals surface area contributed by atoms with E-state index in [0.29, 0.717) is 26.2 Å². The van der Waals surface area contributed by atoms with E-state index in [1.165, 1.54) is 0 Å². The number of benzene rings is 1. The van der Waals surface area contributed by atoms with Crippen LogP contribution in [0.2, 0.25) is 0 Å². The van der Waals surface area contributed by atoms with Crippen LogP contribution in [0.1, 0.15) is 25.3 Å². The van der Waals surface area contributed by atoms with Crippen molar-refractivity contribution in [3.05, 3.63) is 29.8 Å². The first-order valence-corrected chi connectivity index (χ1v) is 6.19. The predicted octanol–water partition coefficient (Wildman–Crippen LogP) is 2.22. The van der Waals surface area contributed by atoms with Crippen LogP contribution in [0.15, 0.2) is 24.3 Å². The van der Waals surface area contributed by atoms with Crippen molar-refractivity contribution in [2.75, 3.05) is 19.8 Å². The molecule has 1 saturated heterocycles. The quantitative estimate of drug-likeness (QED) is 0.841. The van der Waals surface area contributed by atoms with Crippen LogP contribution < -0.4 is 4.74 Å². The Bertz CT molecular complexity index is 424. The summed E-state index contributed by atoms with van der Waals surface area (Å²) in [5.41, 5.74) is 0.965. The second kappa shape index (κ2) is 5.40. The average molecular weight is 250 g/mol. The van der Waals surface area contributed by atoms with Gasteiger partial charge in [-0.1, -0.05) is 12.1 Å². The number of hydrogen-bond donors (Lipinski definition) is 1. The first kappa shape index (κ1) is 12.9. The van der Waals surface area contributed by atoms with Crippen molar-refractivity contribution in [3.63, 3.8) is 0 Å². The standard InChI is InChI=1S/C14H18O4/c1-2-18-12-5-3-4-11(8-12)14(9-17-10-14)7-6-13(15)16/h3-5,8H,2,6-7,9-10H2,1H3,(H,15,16). The van der Waals surface area contributed by atoms with Crippen molar-refractivity contribution in [3.8, 4) is 5.75 Å². The molecule has 98 valence electrons.